The zero-order chi connectivity index (χ0) is 70.9. The topological polar surface area (TPSA) is 339 Å². The van der Waals surface area contributed by atoms with Gasteiger partial charge in [0.05, 0.1) is 99.7 Å². The number of ether oxygens (including phenoxy) is 4. The second-order valence-electron chi connectivity index (χ2n) is 23.1. The van der Waals surface area contributed by atoms with Crippen LogP contribution in [0, 0.1) is 0 Å². The van der Waals surface area contributed by atoms with Crippen molar-refractivity contribution >= 4 is 63.2 Å². The van der Waals surface area contributed by atoms with E-state index >= 15 is 0 Å². The summed E-state index contributed by atoms with van der Waals surface area (Å²) in [5.74, 6) is 2.40. The maximum atomic E-state index is 13.1. The number of carbonyl (C=O) groups is 3. The molecule has 2 aromatic carbocycles. The molecule has 0 unspecified atom stereocenters. The van der Waals surface area contributed by atoms with E-state index in [0.717, 1.165) is 129 Å². The summed E-state index contributed by atoms with van der Waals surface area (Å²) < 4.78 is 26.0. The number of nitrogens with zero attached hydrogens (tertiary/aromatic N) is 18. The summed E-state index contributed by atoms with van der Waals surface area (Å²) in [6.45, 7) is 10.5. The Balaban J connectivity index is 0.000000138. The third-order valence-electron chi connectivity index (χ3n) is 16.8. The zero-order valence-electron chi connectivity index (χ0n) is 56.6. The SMILES string of the molecule is COc1ccc(-c2cnn(-c3nccc(C(=O)Nc4cnccc4N4CCNCC4)n3)c2)cc1OC.COc1ccc(-c2cnn(-c3nccc(C(=O)Nc4cnccc4N4CCNCC4)n3)c2)cc1OC.O=C(Nc1cnccc1N1CCNCC1)c1ccnc(-n2cc(-c3ccsc3)cn2)n1. The highest BCUT2D eigenvalue weighted by Gasteiger charge is 2.23. The van der Waals surface area contributed by atoms with Crippen molar-refractivity contribution in [1.82, 2.24) is 90.1 Å². The van der Waals surface area contributed by atoms with E-state index in [4.69, 9.17) is 18.9 Å². The highest BCUT2D eigenvalue weighted by atomic mass is 32.1. The Bertz CT molecular complexity index is 4670. The van der Waals surface area contributed by atoms with Crippen LogP contribution in [0.1, 0.15) is 31.5 Å². The number of hydrogen-bond donors (Lipinski definition) is 6. The van der Waals surface area contributed by atoms with Crippen molar-refractivity contribution < 1.29 is 33.3 Å². The van der Waals surface area contributed by atoms with Crippen LogP contribution < -0.4 is 65.5 Å². The van der Waals surface area contributed by atoms with Gasteiger partial charge in [-0.3, -0.25) is 29.3 Å². The fraction of sp³-hybridized carbons (Fsp3) is 0.225. The van der Waals surface area contributed by atoms with Gasteiger partial charge in [-0.05, 0) is 94.2 Å². The van der Waals surface area contributed by atoms with Gasteiger partial charge in [-0.25, -0.2) is 43.9 Å². The summed E-state index contributed by atoms with van der Waals surface area (Å²) in [5, 5.41) is 36.0. The number of pyridine rings is 3. The molecule has 3 amide bonds. The number of methoxy groups -OCH3 is 4. The standard InChI is InChI=1S/2C25H26N8O3.C21H20N8OS/c2*1-35-22-4-3-17(13-23(22)36-2)18-14-29-33(16-18)25-28-8-5-19(31-25)24(34)30-20-15-27-7-6-21(20)32-11-9-26-10-12-32;30-20(26-18-12-23-4-2-19(18)28-8-6-22-7-9-28)17-1-5-24-21(27-17)29-13-16(11-25-29)15-3-10-31-14-15/h2*3-8,13-16,26H,9-12H2,1-2H3,(H,30,34);1-5,10-14,22H,6-9H2,(H,26,30). The third-order valence-corrected chi connectivity index (χ3v) is 17.5. The smallest absolute Gasteiger partial charge is 0.274 e. The van der Waals surface area contributed by atoms with E-state index < -0.39 is 0 Å². The molecule has 3 aliphatic rings. The van der Waals surface area contributed by atoms with Crippen molar-refractivity contribution in [3.63, 3.8) is 0 Å². The van der Waals surface area contributed by atoms with Gasteiger partial charge in [0.25, 0.3) is 35.6 Å². The molecule has 15 rings (SSSR count). The zero-order valence-corrected chi connectivity index (χ0v) is 57.4. The average molecular weight is 1410 g/mol. The van der Waals surface area contributed by atoms with Crippen molar-refractivity contribution in [3.05, 3.63) is 200 Å². The number of rotatable bonds is 19. The molecule has 0 radical (unpaired) electrons. The summed E-state index contributed by atoms with van der Waals surface area (Å²) in [4.78, 5) is 84.5. The van der Waals surface area contributed by atoms with Gasteiger partial charge in [-0.15, -0.1) is 0 Å². The number of carbonyl (C=O) groups excluding carboxylic acids is 3. The van der Waals surface area contributed by atoms with Gasteiger partial charge in [-0.2, -0.15) is 26.6 Å². The number of benzene rings is 2. The van der Waals surface area contributed by atoms with Gasteiger partial charge in [-0.1, -0.05) is 12.1 Å². The molecule has 3 aliphatic heterocycles. The van der Waals surface area contributed by atoms with Crippen molar-refractivity contribution in [2.45, 2.75) is 0 Å². The minimum Gasteiger partial charge on any atom is -0.493 e. The number of amides is 3. The number of thiophene rings is 1. The molecule has 3 fully saturated rings. The second kappa shape index (κ2) is 33.0. The molecule has 0 aliphatic carbocycles. The van der Waals surface area contributed by atoms with Gasteiger partial charge < -0.3 is 65.5 Å². The van der Waals surface area contributed by atoms with Crippen molar-refractivity contribution in [3.8, 4) is 74.2 Å². The Morgan fingerprint density at radius 1 is 0.388 bits per heavy atom. The Kier molecular flexibility index (Phi) is 22.1. The van der Waals surface area contributed by atoms with Gasteiger partial charge in [0.15, 0.2) is 23.0 Å². The number of anilines is 6. The molecule has 103 heavy (non-hydrogen) atoms. The van der Waals surface area contributed by atoms with E-state index in [1.54, 1.807) is 137 Å². The predicted molar refractivity (Wildman–Crippen MR) is 390 cm³/mol. The number of hydrogen-bond acceptors (Lipinski definition) is 26. The molecule has 12 aromatic rings. The Labute approximate surface area is 595 Å². The molecule has 10 aromatic heterocycles. The van der Waals surface area contributed by atoms with Crippen LogP contribution in [0.15, 0.2) is 183 Å². The highest BCUT2D eigenvalue weighted by Crippen LogP contribution is 2.35. The lowest BCUT2D eigenvalue weighted by Gasteiger charge is -2.30. The van der Waals surface area contributed by atoms with E-state index in [2.05, 4.69) is 112 Å². The number of nitrogens with one attached hydrogen (secondary N) is 6. The average Bonchev–Trinajstić information content (AvgIpc) is 1.76. The van der Waals surface area contributed by atoms with Crippen LogP contribution in [0.3, 0.4) is 0 Å². The van der Waals surface area contributed by atoms with E-state index in [0.29, 0.717) is 46.0 Å². The molecule has 32 heteroatoms. The molecule has 13 heterocycles. The van der Waals surface area contributed by atoms with Crippen molar-refractivity contribution in [1.29, 1.82) is 0 Å². The first kappa shape index (κ1) is 68.9. The third kappa shape index (κ3) is 16.6. The van der Waals surface area contributed by atoms with Crippen LogP contribution >= 0.6 is 11.3 Å². The van der Waals surface area contributed by atoms with Crippen LogP contribution in [-0.4, -0.2) is 199 Å². The number of aromatic nitrogens is 15. The maximum Gasteiger partial charge on any atom is 0.274 e. The molecular formula is C71H72N24O7S. The molecule has 31 nitrogen and oxygen atoms in total. The number of piperazine rings is 3. The lowest BCUT2D eigenvalue weighted by atomic mass is 10.1. The van der Waals surface area contributed by atoms with E-state index in [-0.39, 0.29) is 46.7 Å². The molecule has 0 bridgehead atoms. The first-order chi connectivity index (χ1) is 50.6. The minimum absolute atomic E-state index is 0.221. The first-order valence-corrected chi connectivity index (χ1v) is 33.8. The molecule has 524 valence electrons. The van der Waals surface area contributed by atoms with Gasteiger partial charge in [0, 0.05) is 151 Å². The molecule has 0 atom stereocenters. The molecule has 0 spiro atoms. The fourth-order valence-electron chi connectivity index (χ4n) is 11.5. The lowest BCUT2D eigenvalue weighted by Crippen LogP contribution is -2.43. The van der Waals surface area contributed by atoms with Gasteiger partial charge >= 0.3 is 0 Å². The maximum absolute atomic E-state index is 13.1. The molecule has 0 saturated carbocycles. The Hall–Kier alpha value is -12.7. The molecular weight excluding hydrogens is 1330 g/mol. The summed E-state index contributed by atoms with van der Waals surface area (Å²) in [5.41, 5.74) is 11.0. The van der Waals surface area contributed by atoms with Crippen molar-refractivity contribution in [2.75, 3.05) is 138 Å². The van der Waals surface area contributed by atoms with E-state index in [9.17, 15) is 14.4 Å². The summed E-state index contributed by atoms with van der Waals surface area (Å²) in [6, 6.07) is 23.7. The van der Waals surface area contributed by atoms with Crippen LogP contribution in [0.2, 0.25) is 0 Å². The van der Waals surface area contributed by atoms with Gasteiger partial charge in [0.2, 0.25) is 0 Å². The predicted octanol–water partition coefficient (Wildman–Crippen LogP) is 7.25. The van der Waals surface area contributed by atoms with Crippen LogP contribution in [0.5, 0.6) is 23.0 Å². The van der Waals surface area contributed by atoms with Crippen molar-refractivity contribution in [2.24, 2.45) is 0 Å². The molecule has 6 N–H and O–H groups in total. The monoisotopic (exact) mass is 1400 g/mol. The Morgan fingerprint density at radius 2 is 0.728 bits per heavy atom. The Morgan fingerprint density at radius 3 is 1.05 bits per heavy atom. The summed E-state index contributed by atoms with van der Waals surface area (Å²) in [6.07, 6.45) is 25.4. The molecule has 3 saturated heterocycles. The largest absolute Gasteiger partial charge is 0.493 e. The van der Waals surface area contributed by atoms with Crippen LogP contribution in [0.4, 0.5) is 34.1 Å². The minimum atomic E-state index is -0.352. The van der Waals surface area contributed by atoms with E-state index in [1.807, 2.05) is 72.2 Å². The van der Waals surface area contributed by atoms with E-state index in [1.165, 1.54) is 21.8 Å². The fourth-order valence-corrected chi connectivity index (χ4v) is 12.2. The second-order valence-corrected chi connectivity index (χ2v) is 23.9. The van der Waals surface area contributed by atoms with Gasteiger partial charge in [0.1, 0.15) is 17.1 Å². The quantitative estimate of drug-likeness (QED) is 0.0464. The van der Waals surface area contributed by atoms with Crippen LogP contribution in [-0.2, 0) is 0 Å². The first-order valence-electron chi connectivity index (χ1n) is 32.8. The lowest BCUT2D eigenvalue weighted by molar-refractivity contribution is 0.101. The van der Waals surface area contributed by atoms with Crippen LogP contribution in [0.25, 0.3) is 51.2 Å². The normalized spacial score (nSPS) is 13.5. The summed E-state index contributed by atoms with van der Waals surface area (Å²) >= 11 is 1.62. The highest BCUT2D eigenvalue weighted by molar-refractivity contribution is 7.08. The summed E-state index contributed by atoms with van der Waals surface area (Å²) in [7, 11) is 6.37.